The molecule has 0 spiro atoms. The van der Waals surface area contributed by atoms with E-state index in [9.17, 15) is 9.59 Å². The highest BCUT2D eigenvalue weighted by molar-refractivity contribution is 6.31. The molecule has 0 saturated heterocycles. The van der Waals surface area contributed by atoms with Crippen molar-refractivity contribution in [2.24, 2.45) is 0 Å². The fraction of sp³-hybridized carbons (Fsp3) is 0.154. The third kappa shape index (κ3) is 3.95. The second-order valence-corrected chi connectivity index (χ2v) is 8.66. The van der Waals surface area contributed by atoms with Gasteiger partial charge < -0.3 is 5.32 Å². The fourth-order valence-corrected chi connectivity index (χ4v) is 4.19. The van der Waals surface area contributed by atoms with Crippen LogP contribution in [-0.2, 0) is 13.1 Å². The van der Waals surface area contributed by atoms with Crippen molar-refractivity contribution in [3.8, 4) is 0 Å². The van der Waals surface area contributed by atoms with Crippen molar-refractivity contribution in [1.82, 2.24) is 24.5 Å². The summed E-state index contributed by atoms with van der Waals surface area (Å²) >= 11 is 6.18. The Morgan fingerprint density at radius 2 is 1.71 bits per heavy atom. The number of hydrogen-bond acceptors (Lipinski definition) is 4. The Morgan fingerprint density at radius 1 is 0.971 bits per heavy atom. The summed E-state index contributed by atoms with van der Waals surface area (Å²) in [5, 5.41) is 7.73. The number of benzene rings is 3. The summed E-state index contributed by atoms with van der Waals surface area (Å²) in [6.45, 7) is 4.61. The standard InChI is InChI=1S/C26H22ClN5O2/c1-16-11-12-21-22(13-16)31(15-19-9-4-3-7-17(19)2)26(34)24-29-23(30-32(21)24)25(33)28-14-18-8-5-6-10-20(18)27/h3-13H,14-15H2,1-2H3,(H,28,33). The van der Waals surface area contributed by atoms with Crippen LogP contribution in [0.15, 0.2) is 71.5 Å². The van der Waals surface area contributed by atoms with Crippen molar-refractivity contribution in [1.29, 1.82) is 0 Å². The maximum Gasteiger partial charge on any atom is 0.296 e. The molecule has 0 saturated carbocycles. The van der Waals surface area contributed by atoms with Gasteiger partial charge in [0.2, 0.25) is 11.5 Å². The molecule has 2 aromatic heterocycles. The number of carbonyl (C=O) groups excluding carboxylic acids is 1. The first-order valence-electron chi connectivity index (χ1n) is 10.9. The Labute approximate surface area is 200 Å². The molecule has 8 heteroatoms. The summed E-state index contributed by atoms with van der Waals surface area (Å²) in [4.78, 5) is 30.7. The maximum absolute atomic E-state index is 13.5. The lowest BCUT2D eigenvalue weighted by atomic mass is 10.1. The summed E-state index contributed by atoms with van der Waals surface area (Å²) in [5.74, 6) is -0.548. The van der Waals surface area contributed by atoms with Gasteiger partial charge in [-0.05, 0) is 54.3 Å². The van der Waals surface area contributed by atoms with E-state index in [-0.39, 0.29) is 23.6 Å². The molecular formula is C26H22ClN5O2. The topological polar surface area (TPSA) is 81.3 Å². The van der Waals surface area contributed by atoms with E-state index in [4.69, 9.17) is 11.6 Å². The summed E-state index contributed by atoms with van der Waals surface area (Å²) in [5.41, 5.74) is 5.16. The predicted octanol–water partition coefficient (Wildman–Crippen LogP) is 4.29. The van der Waals surface area contributed by atoms with E-state index in [2.05, 4.69) is 15.4 Å². The van der Waals surface area contributed by atoms with Crippen LogP contribution in [0.5, 0.6) is 0 Å². The molecule has 0 radical (unpaired) electrons. The van der Waals surface area contributed by atoms with Gasteiger partial charge in [-0.15, -0.1) is 5.10 Å². The van der Waals surface area contributed by atoms with Crippen molar-refractivity contribution in [3.05, 3.63) is 110 Å². The molecule has 170 valence electrons. The van der Waals surface area contributed by atoms with E-state index in [1.807, 2.05) is 74.5 Å². The molecule has 0 unspecified atom stereocenters. The van der Waals surface area contributed by atoms with E-state index in [1.165, 1.54) is 4.52 Å². The van der Waals surface area contributed by atoms with Crippen LogP contribution in [0.1, 0.15) is 32.9 Å². The second kappa shape index (κ2) is 8.76. The summed E-state index contributed by atoms with van der Waals surface area (Å²) in [6, 6.07) is 21.0. The molecule has 1 amide bonds. The van der Waals surface area contributed by atoms with Crippen molar-refractivity contribution in [2.75, 3.05) is 0 Å². The van der Waals surface area contributed by atoms with Crippen LogP contribution in [0.4, 0.5) is 0 Å². The number of nitrogens with zero attached hydrogens (tertiary/aromatic N) is 4. The predicted molar refractivity (Wildman–Crippen MR) is 132 cm³/mol. The minimum absolute atomic E-state index is 0.0697. The Morgan fingerprint density at radius 3 is 2.47 bits per heavy atom. The number of hydrogen-bond donors (Lipinski definition) is 1. The zero-order valence-electron chi connectivity index (χ0n) is 18.7. The van der Waals surface area contributed by atoms with Gasteiger partial charge in [0, 0.05) is 11.6 Å². The number of halogens is 1. The number of fused-ring (bicyclic) bond motifs is 3. The zero-order chi connectivity index (χ0) is 23.8. The van der Waals surface area contributed by atoms with Crippen LogP contribution in [0.25, 0.3) is 16.7 Å². The van der Waals surface area contributed by atoms with E-state index in [0.29, 0.717) is 17.1 Å². The minimum Gasteiger partial charge on any atom is -0.345 e. The lowest BCUT2D eigenvalue weighted by molar-refractivity contribution is 0.0941. The number of aryl methyl sites for hydroxylation is 2. The number of carbonyl (C=O) groups is 1. The normalized spacial score (nSPS) is 11.3. The van der Waals surface area contributed by atoms with Gasteiger partial charge in [-0.2, -0.15) is 4.98 Å². The van der Waals surface area contributed by atoms with Crippen molar-refractivity contribution in [2.45, 2.75) is 26.9 Å². The average molecular weight is 472 g/mol. The molecule has 34 heavy (non-hydrogen) atoms. The molecule has 0 fully saturated rings. The second-order valence-electron chi connectivity index (χ2n) is 8.25. The van der Waals surface area contributed by atoms with Gasteiger partial charge in [0.05, 0.1) is 17.6 Å². The van der Waals surface area contributed by atoms with Crippen molar-refractivity contribution >= 4 is 34.2 Å². The van der Waals surface area contributed by atoms with Crippen LogP contribution in [0, 0.1) is 13.8 Å². The Hall–Kier alpha value is -3.97. The molecule has 5 aromatic rings. The molecule has 0 aliphatic rings. The molecule has 0 aliphatic heterocycles. The molecule has 2 heterocycles. The van der Waals surface area contributed by atoms with Crippen LogP contribution in [-0.4, -0.2) is 25.1 Å². The Balaban J connectivity index is 1.59. The smallest absolute Gasteiger partial charge is 0.296 e. The number of nitrogens with one attached hydrogen (secondary N) is 1. The van der Waals surface area contributed by atoms with Gasteiger partial charge in [0.1, 0.15) is 0 Å². The summed E-state index contributed by atoms with van der Waals surface area (Å²) in [7, 11) is 0. The highest BCUT2D eigenvalue weighted by Gasteiger charge is 2.19. The maximum atomic E-state index is 13.5. The van der Waals surface area contributed by atoms with Crippen LogP contribution < -0.4 is 10.9 Å². The quantitative estimate of drug-likeness (QED) is 0.414. The highest BCUT2D eigenvalue weighted by Crippen LogP contribution is 2.19. The van der Waals surface area contributed by atoms with Crippen molar-refractivity contribution < 1.29 is 4.79 Å². The fourth-order valence-electron chi connectivity index (χ4n) is 3.98. The van der Waals surface area contributed by atoms with Crippen LogP contribution in [0.3, 0.4) is 0 Å². The first kappa shape index (κ1) is 21.9. The lowest BCUT2D eigenvalue weighted by Gasteiger charge is -2.13. The summed E-state index contributed by atoms with van der Waals surface area (Å²) in [6.07, 6.45) is 0. The van der Waals surface area contributed by atoms with Crippen molar-refractivity contribution in [3.63, 3.8) is 0 Å². The van der Waals surface area contributed by atoms with E-state index in [1.54, 1.807) is 10.6 Å². The number of aromatic nitrogens is 4. The molecule has 0 atom stereocenters. The minimum atomic E-state index is -0.478. The SMILES string of the molecule is Cc1ccc2c(c1)n(Cc1ccccc1C)c(=O)c1nc(C(=O)NCc3ccccc3Cl)nn12. The first-order valence-corrected chi connectivity index (χ1v) is 11.3. The van der Waals surface area contributed by atoms with Gasteiger partial charge in [0.15, 0.2) is 0 Å². The number of amides is 1. The van der Waals surface area contributed by atoms with Gasteiger partial charge in [-0.1, -0.05) is 60.1 Å². The first-order chi connectivity index (χ1) is 16.4. The molecule has 0 aliphatic carbocycles. The van der Waals surface area contributed by atoms with E-state index >= 15 is 0 Å². The molecular weight excluding hydrogens is 450 g/mol. The zero-order valence-corrected chi connectivity index (χ0v) is 19.5. The molecule has 1 N–H and O–H groups in total. The third-order valence-corrected chi connectivity index (χ3v) is 6.25. The average Bonchev–Trinajstić information content (AvgIpc) is 3.28. The van der Waals surface area contributed by atoms with Crippen LogP contribution >= 0.6 is 11.6 Å². The van der Waals surface area contributed by atoms with Gasteiger partial charge in [-0.25, -0.2) is 4.52 Å². The number of rotatable bonds is 5. The van der Waals surface area contributed by atoms with Gasteiger partial charge >= 0.3 is 0 Å². The van der Waals surface area contributed by atoms with E-state index in [0.717, 1.165) is 27.8 Å². The van der Waals surface area contributed by atoms with Gasteiger partial charge in [-0.3, -0.25) is 14.2 Å². The molecule has 7 nitrogen and oxygen atoms in total. The summed E-state index contributed by atoms with van der Waals surface area (Å²) < 4.78 is 3.15. The van der Waals surface area contributed by atoms with Gasteiger partial charge in [0.25, 0.3) is 11.5 Å². The molecule has 3 aromatic carbocycles. The van der Waals surface area contributed by atoms with Crippen LogP contribution in [0.2, 0.25) is 5.02 Å². The highest BCUT2D eigenvalue weighted by atomic mass is 35.5. The Kier molecular flexibility index (Phi) is 5.63. The van der Waals surface area contributed by atoms with E-state index < -0.39 is 5.91 Å². The lowest BCUT2D eigenvalue weighted by Crippen LogP contribution is -2.24. The third-order valence-electron chi connectivity index (χ3n) is 5.88. The molecule has 5 rings (SSSR count). The Bertz CT molecular complexity index is 1620. The monoisotopic (exact) mass is 471 g/mol. The molecule has 0 bridgehead atoms. The largest absolute Gasteiger partial charge is 0.345 e.